The molecule has 8 nitrogen and oxygen atoms in total. The number of nitrogens with two attached hydrogens (primary N) is 1. The summed E-state index contributed by atoms with van der Waals surface area (Å²) in [7, 11) is 0. The third kappa shape index (κ3) is 8.07. The molecule has 3 aromatic rings. The van der Waals surface area contributed by atoms with Crippen LogP contribution >= 0.6 is 12.4 Å². The van der Waals surface area contributed by atoms with Gasteiger partial charge < -0.3 is 20.6 Å². The predicted octanol–water partition coefficient (Wildman–Crippen LogP) is 5.82. The summed E-state index contributed by atoms with van der Waals surface area (Å²) in [6, 6.07) is 10.4. The molecule has 2 aliphatic rings. The molecule has 9 heteroatoms. The van der Waals surface area contributed by atoms with Crippen molar-refractivity contribution in [2.75, 3.05) is 5.43 Å². The second-order valence-corrected chi connectivity index (χ2v) is 10.4. The van der Waals surface area contributed by atoms with Crippen molar-refractivity contribution >= 4 is 46.7 Å². The number of hydrogen-bond donors (Lipinski definition) is 5. The summed E-state index contributed by atoms with van der Waals surface area (Å²) >= 11 is 0. The number of fused-ring (bicyclic) bond motifs is 3. The SMILES string of the molecule is Cc1ccc(C)c(NN)c1.Cc1ccc(C)c2c3c([nH]c12)CC(C(=O)O)CC3.Cl.O=C1CCCC(C(=O)O)C1. The quantitative estimate of drug-likeness (QED) is 0.201. The van der Waals surface area contributed by atoms with Crippen LogP contribution in [0.1, 0.15) is 65.6 Å². The number of aryl methyl sites for hydroxylation is 5. The number of nitrogens with one attached hydrogen (secondary N) is 2. The van der Waals surface area contributed by atoms with Gasteiger partial charge in [-0.05, 0) is 87.3 Å². The summed E-state index contributed by atoms with van der Waals surface area (Å²) in [5, 5.41) is 19.0. The Hall–Kier alpha value is -3.36. The number of ketones is 1. The Morgan fingerprint density at radius 2 is 1.51 bits per heavy atom. The number of benzene rings is 2. The minimum Gasteiger partial charge on any atom is -0.481 e. The molecule has 1 saturated carbocycles. The zero-order valence-corrected chi connectivity index (χ0v) is 23.9. The number of hydrogen-bond acceptors (Lipinski definition) is 5. The molecule has 0 bridgehead atoms. The summed E-state index contributed by atoms with van der Waals surface area (Å²) in [6.45, 7) is 8.28. The van der Waals surface area contributed by atoms with Gasteiger partial charge in [0.1, 0.15) is 5.78 Å². The van der Waals surface area contributed by atoms with Gasteiger partial charge in [0, 0.05) is 35.9 Å². The van der Waals surface area contributed by atoms with Gasteiger partial charge in [-0.1, -0.05) is 24.3 Å². The zero-order chi connectivity index (χ0) is 28.0. The summed E-state index contributed by atoms with van der Waals surface area (Å²) in [4.78, 5) is 35.6. The van der Waals surface area contributed by atoms with Crippen molar-refractivity contribution in [3.63, 3.8) is 0 Å². The second-order valence-electron chi connectivity index (χ2n) is 10.4. The standard InChI is InChI=1S/C15H17NO2.C8H12N2.C7H10O3.ClH/c1-8-3-4-9(2)14-13(8)11-6-5-10(15(17)18)7-12(11)16-14;1-6-3-4-7(2)8(5-6)10-9;8-6-3-1-2-5(4-6)7(9)10;/h3-4,10,16H,5-7H2,1-2H3,(H,17,18);3-5,10H,9H2,1-2H3;5H,1-4H2,(H,9,10);1H. The number of carbonyl (C=O) groups excluding carboxylic acids is 1. The summed E-state index contributed by atoms with van der Waals surface area (Å²) in [6.07, 6.45) is 4.49. The smallest absolute Gasteiger partial charge is 0.306 e. The highest BCUT2D eigenvalue weighted by Gasteiger charge is 2.27. The van der Waals surface area contributed by atoms with Crippen LogP contribution in [0.5, 0.6) is 0 Å². The van der Waals surface area contributed by atoms with Crippen LogP contribution in [0, 0.1) is 39.5 Å². The van der Waals surface area contributed by atoms with E-state index in [2.05, 4.69) is 42.5 Å². The van der Waals surface area contributed by atoms with E-state index in [0.717, 1.165) is 30.6 Å². The maximum Gasteiger partial charge on any atom is 0.306 e. The van der Waals surface area contributed by atoms with Crippen LogP contribution in [-0.4, -0.2) is 32.9 Å². The van der Waals surface area contributed by atoms with E-state index < -0.39 is 17.9 Å². The first-order valence-corrected chi connectivity index (χ1v) is 13.1. The molecule has 2 unspecified atom stereocenters. The number of H-pyrrole nitrogens is 1. The van der Waals surface area contributed by atoms with Gasteiger partial charge in [0.25, 0.3) is 0 Å². The van der Waals surface area contributed by atoms with E-state index in [1.165, 1.54) is 38.7 Å². The molecule has 1 fully saturated rings. The number of aliphatic carboxylic acids is 2. The number of Topliss-reactive ketones (excluding diaryl/α,β-unsaturated/α-hetero) is 1. The maximum atomic E-state index is 11.1. The Labute approximate surface area is 235 Å². The lowest BCUT2D eigenvalue weighted by atomic mass is 9.86. The van der Waals surface area contributed by atoms with Crippen molar-refractivity contribution in [2.24, 2.45) is 17.7 Å². The van der Waals surface area contributed by atoms with Crippen LogP contribution < -0.4 is 11.3 Å². The number of halogens is 1. The molecule has 6 N–H and O–H groups in total. The zero-order valence-electron chi connectivity index (χ0n) is 23.1. The Morgan fingerprint density at radius 1 is 0.897 bits per heavy atom. The molecule has 0 radical (unpaired) electrons. The monoisotopic (exact) mass is 557 g/mol. The van der Waals surface area contributed by atoms with E-state index in [9.17, 15) is 14.4 Å². The Bertz CT molecular complexity index is 1330. The summed E-state index contributed by atoms with van der Waals surface area (Å²) in [5.74, 6) is 3.23. The number of aromatic amines is 1. The van der Waals surface area contributed by atoms with E-state index in [4.69, 9.17) is 16.1 Å². The van der Waals surface area contributed by atoms with Gasteiger partial charge in [-0.3, -0.25) is 20.2 Å². The third-order valence-corrected chi connectivity index (χ3v) is 7.49. The van der Waals surface area contributed by atoms with Crippen molar-refractivity contribution in [1.82, 2.24) is 4.98 Å². The third-order valence-electron chi connectivity index (χ3n) is 7.49. The molecule has 0 aliphatic heterocycles. The number of hydrazine groups is 1. The second kappa shape index (κ2) is 14.1. The van der Waals surface area contributed by atoms with Gasteiger partial charge in [-0.15, -0.1) is 12.4 Å². The summed E-state index contributed by atoms with van der Waals surface area (Å²) in [5.41, 5.74) is 12.2. The Balaban J connectivity index is 0.000000219. The van der Waals surface area contributed by atoms with Gasteiger partial charge in [0.15, 0.2) is 0 Å². The van der Waals surface area contributed by atoms with Crippen molar-refractivity contribution in [1.29, 1.82) is 0 Å². The van der Waals surface area contributed by atoms with Gasteiger partial charge in [-0.2, -0.15) is 0 Å². The molecule has 1 heterocycles. The largest absolute Gasteiger partial charge is 0.481 e. The van der Waals surface area contributed by atoms with Gasteiger partial charge >= 0.3 is 11.9 Å². The first-order chi connectivity index (χ1) is 18.0. The van der Waals surface area contributed by atoms with E-state index >= 15 is 0 Å². The fourth-order valence-corrected chi connectivity index (χ4v) is 5.19. The lowest BCUT2D eigenvalue weighted by molar-refractivity contribution is -0.145. The molecule has 2 aliphatic carbocycles. The number of nitrogen functional groups attached to an aromatic ring is 1. The van der Waals surface area contributed by atoms with Crippen LogP contribution in [0.15, 0.2) is 30.3 Å². The van der Waals surface area contributed by atoms with E-state index in [-0.39, 0.29) is 30.5 Å². The van der Waals surface area contributed by atoms with Gasteiger partial charge in [0.2, 0.25) is 0 Å². The van der Waals surface area contributed by atoms with E-state index in [0.29, 0.717) is 19.3 Å². The summed E-state index contributed by atoms with van der Waals surface area (Å²) < 4.78 is 0. The van der Waals surface area contributed by atoms with Crippen LogP contribution in [0.3, 0.4) is 0 Å². The molecule has 1 aromatic heterocycles. The minimum atomic E-state index is -0.826. The number of anilines is 1. The molecule has 0 spiro atoms. The van der Waals surface area contributed by atoms with E-state index in [1.54, 1.807) is 0 Å². The number of rotatable bonds is 3. The van der Waals surface area contributed by atoms with Crippen molar-refractivity contribution in [3.8, 4) is 0 Å². The molecule has 2 aromatic carbocycles. The van der Waals surface area contributed by atoms with Gasteiger partial charge in [-0.25, -0.2) is 0 Å². The predicted molar refractivity (Wildman–Crippen MR) is 156 cm³/mol. The highest BCUT2D eigenvalue weighted by Crippen LogP contribution is 2.34. The number of carboxylic acids is 2. The van der Waals surface area contributed by atoms with E-state index in [1.807, 2.05) is 26.0 Å². The average Bonchev–Trinajstić information content (AvgIpc) is 3.29. The van der Waals surface area contributed by atoms with Crippen molar-refractivity contribution in [3.05, 3.63) is 63.8 Å². The van der Waals surface area contributed by atoms with Crippen molar-refractivity contribution < 1.29 is 24.6 Å². The van der Waals surface area contributed by atoms with Crippen LogP contribution in [0.2, 0.25) is 0 Å². The first-order valence-electron chi connectivity index (χ1n) is 13.1. The fourth-order valence-electron chi connectivity index (χ4n) is 5.19. The van der Waals surface area contributed by atoms with Crippen LogP contribution in [0.4, 0.5) is 5.69 Å². The minimum absolute atomic E-state index is 0. The topological polar surface area (TPSA) is 146 Å². The molecule has 2 atom stereocenters. The molecular weight excluding hydrogens is 518 g/mol. The lowest BCUT2D eigenvalue weighted by Gasteiger charge is -2.18. The normalized spacial score (nSPS) is 17.9. The molecule has 39 heavy (non-hydrogen) atoms. The number of carbonyl (C=O) groups is 3. The van der Waals surface area contributed by atoms with Gasteiger partial charge in [0.05, 0.1) is 17.5 Å². The van der Waals surface area contributed by atoms with Crippen molar-refractivity contribution in [2.45, 2.75) is 72.6 Å². The lowest BCUT2D eigenvalue weighted by Crippen LogP contribution is -2.22. The molecule has 212 valence electrons. The Kier molecular flexibility index (Phi) is 11.6. The Morgan fingerprint density at radius 3 is 2.08 bits per heavy atom. The van der Waals surface area contributed by atoms with Crippen LogP contribution in [-0.2, 0) is 27.2 Å². The maximum absolute atomic E-state index is 11.1. The first kappa shape index (κ1) is 31.9. The highest BCUT2D eigenvalue weighted by molar-refractivity contribution is 5.91. The molecular formula is C30H40ClN3O5. The van der Waals surface area contributed by atoms with Crippen LogP contribution in [0.25, 0.3) is 10.9 Å². The highest BCUT2D eigenvalue weighted by atomic mass is 35.5. The number of aromatic nitrogens is 1. The fraction of sp³-hybridized carbons (Fsp3) is 0.433. The average molecular weight is 558 g/mol. The number of carboxylic acid groups (broad SMARTS) is 2. The molecule has 0 amide bonds. The molecule has 0 saturated heterocycles. The molecule has 5 rings (SSSR count).